The van der Waals surface area contributed by atoms with Gasteiger partial charge in [0.15, 0.2) is 0 Å². The van der Waals surface area contributed by atoms with Crippen LogP contribution in [0.1, 0.15) is 49.3 Å². The molecule has 0 aliphatic rings. The molecule has 1 unspecified atom stereocenters. The van der Waals surface area contributed by atoms with Gasteiger partial charge in [0.1, 0.15) is 0 Å². The summed E-state index contributed by atoms with van der Waals surface area (Å²) in [6, 6.07) is 6.07. The molecule has 0 fully saturated rings. The van der Waals surface area contributed by atoms with E-state index < -0.39 is 0 Å². The number of rotatable bonds is 7. The Balaban J connectivity index is 2.38. The minimum Gasteiger partial charge on any atom is -0.388 e. The van der Waals surface area contributed by atoms with Crippen molar-refractivity contribution >= 4 is 15.9 Å². The molecule has 0 spiro atoms. The van der Waals surface area contributed by atoms with E-state index in [2.05, 4.69) is 29.4 Å². The third-order valence-corrected chi connectivity index (χ3v) is 3.82. The SMILES string of the molecule is C=CCCCCCC(O)c1ccc(C)c(Br)c1. The van der Waals surface area contributed by atoms with Gasteiger partial charge in [0.25, 0.3) is 0 Å². The van der Waals surface area contributed by atoms with Crippen LogP contribution < -0.4 is 0 Å². The molecule has 1 aromatic carbocycles. The minimum atomic E-state index is -0.337. The van der Waals surface area contributed by atoms with Gasteiger partial charge in [-0.15, -0.1) is 6.58 Å². The summed E-state index contributed by atoms with van der Waals surface area (Å²) in [4.78, 5) is 0. The molecule has 2 heteroatoms. The van der Waals surface area contributed by atoms with Crippen molar-refractivity contribution in [3.63, 3.8) is 0 Å². The first kappa shape index (κ1) is 14.5. The molecule has 0 saturated heterocycles. The first-order valence-electron chi connectivity index (χ1n) is 6.20. The number of hydrogen-bond donors (Lipinski definition) is 1. The van der Waals surface area contributed by atoms with E-state index in [9.17, 15) is 5.11 Å². The number of allylic oxidation sites excluding steroid dienone is 1. The summed E-state index contributed by atoms with van der Waals surface area (Å²) in [6.07, 6.45) is 6.94. The van der Waals surface area contributed by atoms with Gasteiger partial charge in [0, 0.05) is 4.47 Å². The molecule has 1 N–H and O–H groups in total. The highest BCUT2D eigenvalue weighted by atomic mass is 79.9. The lowest BCUT2D eigenvalue weighted by atomic mass is 10.0. The maximum Gasteiger partial charge on any atom is 0.0790 e. The van der Waals surface area contributed by atoms with Crippen molar-refractivity contribution in [3.05, 3.63) is 46.5 Å². The monoisotopic (exact) mass is 296 g/mol. The van der Waals surface area contributed by atoms with E-state index in [1.54, 1.807) is 0 Å². The number of aliphatic hydroxyl groups excluding tert-OH is 1. The average molecular weight is 297 g/mol. The summed E-state index contributed by atoms with van der Waals surface area (Å²) in [5.41, 5.74) is 2.21. The predicted molar refractivity (Wildman–Crippen MR) is 77.1 cm³/mol. The van der Waals surface area contributed by atoms with E-state index in [0.29, 0.717) is 0 Å². The Bertz CT molecular complexity index is 360. The van der Waals surface area contributed by atoms with Crippen LogP contribution in [0, 0.1) is 6.92 Å². The zero-order valence-corrected chi connectivity index (χ0v) is 12.0. The molecule has 1 aromatic rings. The van der Waals surface area contributed by atoms with Crippen molar-refractivity contribution in [1.29, 1.82) is 0 Å². The smallest absolute Gasteiger partial charge is 0.0790 e. The second-order valence-corrected chi connectivity index (χ2v) is 5.31. The molecule has 0 aromatic heterocycles. The molecule has 1 rings (SSSR count). The van der Waals surface area contributed by atoms with E-state index in [1.807, 2.05) is 24.3 Å². The second-order valence-electron chi connectivity index (χ2n) is 4.45. The second kappa shape index (κ2) is 7.67. The van der Waals surface area contributed by atoms with Crippen LogP contribution in [0.2, 0.25) is 0 Å². The fraction of sp³-hybridized carbons (Fsp3) is 0.467. The molecule has 1 nitrogen and oxygen atoms in total. The van der Waals surface area contributed by atoms with Gasteiger partial charge < -0.3 is 5.11 Å². The van der Waals surface area contributed by atoms with Gasteiger partial charge in [-0.1, -0.05) is 47.0 Å². The van der Waals surface area contributed by atoms with Crippen LogP contribution in [0.4, 0.5) is 0 Å². The Morgan fingerprint density at radius 3 is 2.76 bits per heavy atom. The number of aryl methyl sites for hydroxylation is 1. The molecule has 17 heavy (non-hydrogen) atoms. The van der Waals surface area contributed by atoms with Gasteiger partial charge in [-0.3, -0.25) is 0 Å². The molecule has 0 aliphatic carbocycles. The summed E-state index contributed by atoms with van der Waals surface area (Å²) in [7, 11) is 0. The lowest BCUT2D eigenvalue weighted by Gasteiger charge is -2.12. The van der Waals surface area contributed by atoms with Crippen molar-refractivity contribution in [2.75, 3.05) is 0 Å². The van der Waals surface area contributed by atoms with Crippen LogP contribution in [0.25, 0.3) is 0 Å². The maximum absolute atomic E-state index is 10.1. The molecule has 0 aliphatic heterocycles. The van der Waals surface area contributed by atoms with Crippen LogP contribution in [0.5, 0.6) is 0 Å². The molecule has 0 saturated carbocycles. The Kier molecular flexibility index (Phi) is 6.53. The van der Waals surface area contributed by atoms with Crippen LogP contribution in [0.15, 0.2) is 35.3 Å². The zero-order chi connectivity index (χ0) is 12.7. The lowest BCUT2D eigenvalue weighted by Crippen LogP contribution is -1.97. The van der Waals surface area contributed by atoms with Crippen molar-refractivity contribution < 1.29 is 5.11 Å². The van der Waals surface area contributed by atoms with Gasteiger partial charge >= 0.3 is 0 Å². The molecule has 94 valence electrons. The van der Waals surface area contributed by atoms with Gasteiger partial charge in [0.05, 0.1) is 6.10 Å². The molecular weight excluding hydrogens is 276 g/mol. The average Bonchev–Trinajstić information content (AvgIpc) is 2.32. The Morgan fingerprint density at radius 2 is 2.12 bits per heavy atom. The van der Waals surface area contributed by atoms with Gasteiger partial charge in [0.2, 0.25) is 0 Å². The fourth-order valence-electron chi connectivity index (χ4n) is 1.79. The van der Waals surface area contributed by atoms with Gasteiger partial charge in [-0.25, -0.2) is 0 Å². The summed E-state index contributed by atoms with van der Waals surface area (Å²) < 4.78 is 1.07. The van der Waals surface area contributed by atoms with Crippen molar-refractivity contribution in [3.8, 4) is 0 Å². The first-order chi connectivity index (χ1) is 8.15. The molecule has 0 heterocycles. The van der Waals surface area contributed by atoms with Crippen molar-refractivity contribution in [1.82, 2.24) is 0 Å². The topological polar surface area (TPSA) is 20.2 Å². The Labute approximate surface area is 113 Å². The van der Waals surface area contributed by atoms with Crippen molar-refractivity contribution in [2.45, 2.75) is 45.1 Å². The number of hydrogen-bond acceptors (Lipinski definition) is 1. The van der Waals surface area contributed by atoms with Crippen LogP contribution in [-0.4, -0.2) is 5.11 Å². The Morgan fingerprint density at radius 1 is 1.35 bits per heavy atom. The highest BCUT2D eigenvalue weighted by Crippen LogP contribution is 2.25. The van der Waals surface area contributed by atoms with Crippen LogP contribution >= 0.6 is 15.9 Å². The molecule has 1 atom stereocenters. The molecule has 0 bridgehead atoms. The Hall–Kier alpha value is -0.600. The van der Waals surface area contributed by atoms with E-state index in [-0.39, 0.29) is 6.10 Å². The highest BCUT2D eigenvalue weighted by molar-refractivity contribution is 9.10. The van der Waals surface area contributed by atoms with Crippen molar-refractivity contribution in [2.24, 2.45) is 0 Å². The number of aliphatic hydroxyl groups is 1. The summed E-state index contributed by atoms with van der Waals surface area (Å²) in [6.45, 7) is 5.76. The van der Waals surface area contributed by atoms with Gasteiger partial charge in [-0.2, -0.15) is 0 Å². The summed E-state index contributed by atoms with van der Waals surface area (Å²) in [5.74, 6) is 0. The molecular formula is C15H21BrO. The van der Waals surface area contributed by atoms with E-state index >= 15 is 0 Å². The first-order valence-corrected chi connectivity index (χ1v) is 6.99. The summed E-state index contributed by atoms with van der Waals surface area (Å²) in [5, 5.41) is 10.1. The number of unbranched alkanes of at least 4 members (excludes halogenated alkanes) is 3. The normalized spacial score (nSPS) is 12.4. The third kappa shape index (κ3) is 5.05. The van der Waals surface area contributed by atoms with Crippen LogP contribution in [0.3, 0.4) is 0 Å². The van der Waals surface area contributed by atoms with E-state index in [4.69, 9.17) is 0 Å². The molecule has 0 amide bonds. The van der Waals surface area contributed by atoms with E-state index in [0.717, 1.165) is 35.7 Å². The predicted octanol–water partition coefficient (Wildman–Crippen LogP) is 4.93. The summed E-state index contributed by atoms with van der Waals surface area (Å²) >= 11 is 3.49. The van der Waals surface area contributed by atoms with Gasteiger partial charge in [-0.05, 0) is 43.4 Å². The lowest BCUT2D eigenvalue weighted by molar-refractivity contribution is 0.163. The molecule has 0 radical (unpaired) electrons. The number of halogens is 1. The minimum absolute atomic E-state index is 0.337. The van der Waals surface area contributed by atoms with Crippen LogP contribution in [-0.2, 0) is 0 Å². The quantitative estimate of drug-likeness (QED) is 0.559. The highest BCUT2D eigenvalue weighted by Gasteiger charge is 2.08. The zero-order valence-electron chi connectivity index (χ0n) is 10.5. The van der Waals surface area contributed by atoms with E-state index in [1.165, 1.54) is 12.0 Å². The third-order valence-electron chi connectivity index (χ3n) is 2.97. The number of benzene rings is 1. The largest absolute Gasteiger partial charge is 0.388 e. The standard InChI is InChI=1S/C15H21BrO/c1-3-4-5-6-7-8-15(17)13-10-9-12(2)14(16)11-13/h3,9-11,15,17H,1,4-8H2,2H3. The fourth-order valence-corrected chi connectivity index (χ4v) is 2.18. The maximum atomic E-state index is 10.1.